The average Bonchev–Trinajstić information content (AvgIpc) is 2.41. The second kappa shape index (κ2) is 5.58. The van der Waals surface area contributed by atoms with Gasteiger partial charge in [0.25, 0.3) is 5.91 Å². The highest BCUT2D eigenvalue weighted by Crippen LogP contribution is 2.27. The highest BCUT2D eigenvalue weighted by molar-refractivity contribution is 6.34. The Kier molecular flexibility index (Phi) is 3.87. The Balaban J connectivity index is 2.27. The predicted molar refractivity (Wildman–Crippen MR) is 74.6 cm³/mol. The zero-order valence-corrected chi connectivity index (χ0v) is 10.9. The van der Waals surface area contributed by atoms with E-state index in [4.69, 9.17) is 22.1 Å². The van der Waals surface area contributed by atoms with Crippen molar-refractivity contribution in [2.24, 2.45) is 0 Å². The molecular formula is C13H12ClN3O2. The second-order valence-electron chi connectivity index (χ2n) is 3.77. The molecule has 19 heavy (non-hydrogen) atoms. The van der Waals surface area contributed by atoms with Gasteiger partial charge in [0.1, 0.15) is 5.75 Å². The average molecular weight is 278 g/mol. The van der Waals surface area contributed by atoms with Crippen molar-refractivity contribution in [1.82, 2.24) is 4.98 Å². The number of carbonyl (C=O) groups is 1. The summed E-state index contributed by atoms with van der Waals surface area (Å²) in [4.78, 5) is 15.9. The smallest absolute Gasteiger partial charge is 0.257 e. The van der Waals surface area contributed by atoms with Gasteiger partial charge in [-0.2, -0.15) is 0 Å². The Morgan fingerprint density at radius 2 is 2.21 bits per heavy atom. The number of hydrogen-bond acceptors (Lipinski definition) is 4. The summed E-state index contributed by atoms with van der Waals surface area (Å²) in [5, 5.41) is 3.00. The van der Waals surface area contributed by atoms with Crippen molar-refractivity contribution in [2.75, 3.05) is 18.2 Å². The molecule has 0 spiro atoms. The summed E-state index contributed by atoms with van der Waals surface area (Å²) < 4.78 is 5.15. The van der Waals surface area contributed by atoms with Gasteiger partial charge in [-0.25, -0.2) is 0 Å². The lowest BCUT2D eigenvalue weighted by atomic mass is 10.2. The normalized spacial score (nSPS) is 10.0. The zero-order chi connectivity index (χ0) is 13.8. The molecule has 1 heterocycles. The van der Waals surface area contributed by atoms with Crippen molar-refractivity contribution in [1.29, 1.82) is 0 Å². The summed E-state index contributed by atoms with van der Waals surface area (Å²) in [6.45, 7) is 0. The van der Waals surface area contributed by atoms with Crippen LogP contribution in [0.15, 0.2) is 36.7 Å². The number of nitrogen functional groups attached to an aromatic ring is 1. The van der Waals surface area contributed by atoms with Crippen LogP contribution in [0.4, 0.5) is 11.4 Å². The van der Waals surface area contributed by atoms with Gasteiger partial charge in [-0.3, -0.25) is 9.78 Å². The minimum atomic E-state index is -0.338. The molecule has 0 saturated heterocycles. The maximum absolute atomic E-state index is 12.1. The van der Waals surface area contributed by atoms with Gasteiger partial charge in [-0.1, -0.05) is 11.6 Å². The molecule has 0 aliphatic heterocycles. The lowest BCUT2D eigenvalue weighted by Gasteiger charge is -2.11. The van der Waals surface area contributed by atoms with Crippen LogP contribution in [-0.4, -0.2) is 18.0 Å². The first kappa shape index (κ1) is 13.2. The highest BCUT2D eigenvalue weighted by atomic mass is 35.5. The number of hydrogen-bond donors (Lipinski definition) is 2. The van der Waals surface area contributed by atoms with Crippen molar-refractivity contribution in [2.45, 2.75) is 0 Å². The monoisotopic (exact) mass is 277 g/mol. The molecule has 0 aliphatic rings. The molecule has 0 atom stereocenters. The largest absolute Gasteiger partial charge is 0.494 e. The fraction of sp³-hybridized carbons (Fsp3) is 0.0769. The third-order valence-electron chi connectivity index (χ3n) is 2.49. The molecule has 0 fully saturated rings. The first-order chi connectivity index (χ1) is 9.11. The lowest BCUT2D eigenvalue weighted by molar-refractivity contribution is 0.102. The van der Waals surface area contributed by atoms with E-state index in [1.165, 1.54) is 19.5 Å². The Hall–Kier alpha value is -2.27. The standard InChI is InChI=1S/C13H12ClN3O2/c1-19-12-6-8(15)2-3-11(12)17-13(18)9-4-5-16-7-10(9)14/h2-7H,15H2,1H3,(H,17,18). The molecule has 5 nitrogen and oxygen atoms in total. The Morgan fingerprint density at radius 1 is 1.42 bits per heavy atom. The molecule has 98 valence electrons. The minimum absolute atomic E-state index is 0.286. The van der Waals surface area contributed by atoms with Crippen LogP contribution in [0.5, 0.6) is 5.75 Å². The van der Waals surface area contributed by atoms with Gasteiger partial charge in [0.05, 0.1) is 23.4 Å². The van der Waals surface area contributed by atoms with E-state index in [9.17, 15) is 4.79 Å². The van der Waals surface area contributed by atoms with E-state index in [0.717, 1.165) is 0 Å². The van der Waals surface area contributed by atoms with E-state index in [2.05, 4.69) is 10.3 Å². The van der Waals surface area contributed by atoms with Gasteiger partial charge in [-0.05, 0) is 18.2 Å². The Bertz CT molecular complexity index is 617. The van der Waals surface area contributed by atoms with Crippen molar-refractivity contribution < 1.29 is 9.53 Å². The van der Waals surface area contributed by atoms with Gasteiger partial charge >= 0.3 is 0 Å². The predicted octanol–water partition coefficient (Wildman–Crippen LogP) is 2.58. The molecule has 0 aliphatic carbocycles. The van der Waals surface area contributed by atoms with E-state index in [0.29, 0.717) is 22.7 Å². The molecule has 1 aromatic heterocycles. The molecule has 1 aromatic carbocycles. The Labute approximate surface area is 115 Å². The number of nitrogens with two attached hydrogens (primary N) is 1. The molecule has 6 heteroatoms. The van der Waals surface area contributed by atoms with Crippen LogP contribution in [0.25, 0.3) is 0 Å². The van der Waals surface area contributed by atoms with Gasteiger partial charge in [0, 0.05) is 24.1 Å². The number of amides is 1. The second-order valence-corrected chi connectivity index (χ2v) is 4.18. The number of nitrogens with one attached hydrogen (secondary N) is 1. The van der Waals surface area contributed by atoms with Crippen LogP contribution in [0.2, 0.25) is 5.02 Å². The minimum Gasteiger partial charge on any atom is -0.494 e. The summed E-state index contributed by atoms with van der Waals surface area (Å²) in [5.74, 6) is 0.147. The molecule has 0 radical (unpaired) electrons. The van der Waals surface area contributed by atoms with Gasteiger partial charge < -0.3 is 15.8 Å². The number of ether oxygens (including phenoxy) is 1. The van der Waals surface area contributed by atoms with Crippen LogP contribution in [0.3, 0.4) is 0 Å². The van der Waals surface area contributed by atoms with Crippen LogP contribution in [0, 0.1) is 0 Å². The quantitative estimate of drug-likeness (QED) is 0.846. The lowest BCUT2D eigenvalue weighted by Crippen LogP contribution is -2.13. The molecule has 2 rings (SSSR count). The molecule has 0 bridgehead atoms. The Morgan fingerprint density at radius 3 is 2.89 bits per heavy atom. The van der Waals surface area contributed by atoms with Crippen molar-refractivity contribution >= 4 is 28.9 Å². The number of carbonyl (C=O) groups excluding carboxylic acids is 1. The van der Waals surface area contributed by atoms with E-state index < -0.39 is 0 Å². The fourth-order valence-electron chi connectivity index (χ4n) is 1.56. The number of rotatable bonds is 3. The topological polar surface area (TPSA) is 77.2 Å². The van der Waals surface area contributed by atoms with E-state index >= 15 is 0 Å². The fourth-order valence-corrected chi connectivity index (χ4v) is 1.77. The summed E-state index contributed by atoms with van der Waals surface area (Å²) in [7, 11) is 1.50. The van der Waals surface area contributed by atoms with E-state index in [1.807, 2.05) is 0 Å². The first-order valence-corrected chi connectivity index (χ1v) is 5.84. The van der Waals surface area contributed by atoms with Gasteiger partial charge in [0.15, 0.2) is 0 Å². The van der Waals surface area contributed by atoms with E-state index in [-0.39, 0.29) is 10.9 Å². The zero-order valence-electron chi connectivity index (χ0n) is 10.2. The van der Waals surface area contributed by atoms with Crippen molar-refractivity contribution in [3.05, 3.63) is 47.2 Å². The number of methoxy groups -OCH3 is 1. The van der Waals surface area contributed by atoms with Gasteiger partial charge in [-0.15, -0.1) is 0 Å². The van der Waals surface area contributed by atoms with Crippen LogP contribution < -0.4 is 15.8 Å². The maximum atomic E-state index is 12.1. The molecule has 2 aromatic rings. The molecule has 1 amide bonds. The number of benzene rings is 1. The van der Waals surface area contributed by atoms with Crippen LogP contribution in [0.1, 0.15) is 10.4 Å². The van der Waals surface area contributed by atoms with Gasteiger partial charge in [0.2, 0.25) is 0 Å². The summed E-state index contributed by atoms with van der Waals surface area (Å²) in [5.41, 5.74) is 7.07. The van der Waals surface area contributed by atoms with Crippen LogP contribution in [-0.2, 0) is 0 Å². The van der Waals surface area contributed by atoms with Crippen molar-refractivity contribution in [3.63, 3.8) is 0 Å². The summed E-state index contributed by atoms with van der Waals surface area (Å²) in [6.07, 6.45) is 2.91. The molecule has 0 unspecified atom stereocenters. The summed E-state index contributed by atoms with van der Waals surface area (Å²) >= 11 is 5.91. The number of anilines is 2. The van der Waals surface area contributed by atoms with E-state index in [1.54, 1.807) is 24.3 Å². The third kappa shape index (κ3) is 2.95. The highest BCUT2D eigenvalue weighted by Gasteiger charge is 2.12. The number of pyridine rings is 1. The van der Waals surface area contributed by atoms with Crippen molar-refractivity contribution in [3.8, 4) is 5.75 Å². The molecular weight excluding hydrogens is 266 g/mol. The summed E-state index contributed by atoms with van der Waals surface area (Å²) in [6, 6.07) is 6.51. The number of aromatic nitrogens is 1. The number of halogens is 1. The molecule has 0 saturated carbocycles. The van der Waals surface area contributed by atoms with Crippen LogP contribution >= 0.6 is 11.6 Å². The third-order valence-corrected chi connectivity index (χ3v) is 2.79. The maximum Gasteiger partial charge on any atom is 0.257 e. The SMILES string of the molecule is COc1cc(N)ccc1NC(=O)c1ccncc1Cl. The number of nitrogens with zero attached hydrogens (tertiary/aromatic N) is 1. The first-order valence-electron chi connectivity index (χ1n) is 5.46. The molecule has 3 N–H and O–H groups in total.